The summed E-state index contributed by atoms with van der Waals surface area (Å²) in [7, 11) is 0. The van der Waals surface area contributed by atoms with Gasteiger partial charge in [-0.05, 0) is 54.6 Å². The van der Waals surface area contributed by atoms with Gasteiger partial charge in [0.2, 0.25) is 0 Å². The SMILES string of the molecule is CCOc1cc(C=C2SC(=Nc3ccccc3)NC2=O)cc(Cl)c1O. The number of hydrogen-bond acceptors (Lipinski definition) is 5. The summed E-state index contributed by atoms with van der Waals surface area (Å²) < 4.78 is 5.35. The molecule has 25 heavy (non-hydrogen) atoms. The van der Waals surface area contributed by atoms with E-state index in [9.17, 15) is 9.90 Å². The zero-order valence-corrected chi connectivity index (χ0v) is 14.9. The number of phenolic OH excluding ortho intramolecular Hbond substituents is 1. The van der Waals surface area contributed by atoms with Crippen molar-refractivity contribution in [3.63, 3.8) is 0 Å². The van der Waals surface area contributed by atoms with Gasteiger partial charge < -0.3 is 15.2 Å². The third-order valence-electron chi connectivity index (χ3n) is 3.29. The predicted octanol–water partition coefficient (Wildman–Crippen LogP) is 4.34. The van der Waals surface area contributed by atoms with Crippen LogP contribution in [0.3, 0.4) is 0 Å². The molecule has 7 heteroatoms. The van der Waals surface area contributed by atoms with Crippen LogP contribution < -0.4 is 10.1 Å². The number of phenols is 1. The van der Waals surface area contributed by atoms with Gasteiger partial charge in [0.15, 0.2) is 16.7 Å². The zero-order valence-electron chi connectivity index (χ0n) is 13.3. The van der Waals surface area contributed by atoms with Gasteiger partial charge in [-0.15, -0.1) is 0 Å². The molecule has 0 unspecified atom stereocenters. The number of thioether (sulfide) groups is 1. The van der Waals surface area contributed by atoms with Crippen LogP contribution in [0.25, 0.3) is 6.08 Å². The lowest BCUT2D eigenvalue weighted by Crippen LogP contribution is -2.19. The number of amides is 1. The Kier molecular flexibility index (Phi) is 5.31. The molecule has 128 valence electrons. The summed E-state index contributed by atoms with van der Waals surface area (Å²) in [6.07, 6.45) is 1.68. The Morgan fingerprint density at radius 2 is 2.08 bits per heavy atom. The normalized spacial score (nSPS) is 17.1. The number of nitrogens with zero attached hydrogens (tertiary/aromatic N) is 1. The molecule has 3 rings (SSSR count). The molecule has 2 N–H and O–H groups in total. The number of carbonyl (C=O) groups excluding carboxylic acids is 1. The molecule has 5 nitrogen and oxygen atoms in total. The van der Waals surface area contributed by atoms with Gasteiger partial charge >= 0.3 is 0 Å². The Labute approximate surface area is 154 Å². The molecule has 0 aromatic heterocycles. The molecule has 0 atom stereocenters. The highest BCUT2D eigenvalue weighted by molar-refractivity contribution is 8.18. The molecule has 1 amide bonds. The van der Waals surface area contributed by atoms with Gasteiger partial charge in [-0.3, -0.25) is 4.79 Å². The summed E-state index contributed by atoms with van der Waals surface area (Å²) in [5.41, 5.74) is 1.42. The minimum Gasteiger partial charge on any atom is -0.503 e. The van der Waals surface area contributed by atoms with Gasteiger partial charge in [-0.25, -0.2) is 4.99 Å². The minimum atomic E-state index is -0.234. The molecule has 1 aliphatic rings. The van der Waals surface area contributed by atoms with Crippen molar-refractivity contribution in [2.45, 2.75) is 6.92 Å². The van der Waals surface area contributed by atoms with Crippen LogP contribution in [0.5, 0.6) is 11.5 Å². The van der Waals surface area contributed by atoms with Crippen molar-refractivity contribution in [3.8, 4) is 11.5 Å². The monoisotopic (exact) mass is 374 g/mol. The van der Waals surface area contributed by atoms with E-state index < -0.39 is 0 Å². The first-order valence-corrected chi connectivity index (χ1v) is 8.76. The van der Waals surface area contributed by atoms with Gasteiger partial charge in [0.25, 0.3) is 5.91 Å². The lowest BCUT2D eigenvalue weighted by molar-refractivity contribution is -0.115. The van der Waals surface area contributed by atoms with Gasteiger partial charge in [0.1, 0.15) is 0 Å². The fourth-order valence-electron chi connectivity index (χ4n) is 2.19. The van der Waals surface area contributed by atoms with Crippen molar-refractivity contribution in [2.24, 2.45) is 4.99 Å². The summed E-state index contributed by atoms with van der Waals surface area (Å²) in [6, 6.07) is 12.6. The molecule has 0 aliphatic carbocycles. The first-order chi connectivity index (χ1) is 12.1. The molecule has 1 heterocycles. The molecule has 0 bridgehead atoms. The Morgan fingerprint density at radius 1 is 1.32 bits per heavy atom. The van der Waals surface area contributed by atoms with E-state index >= 15 is 0 Å². The van der Waals surface area contributed by atoms with E-state index in [0.29, 0.717) is 22.2 Å². The molecule has 0 spiro atoms. The average molecular weight is 375 g/mol. The van der Waals surface area contributed by atoms with E-state index in [1.54, 1.807) is 18.2 Å². The van der Waals surface area contributed by atoms with Gasteiger partial charge in [-0.2, -0.15) is 0 Å². The quantitative estimate of drug-likeness (QED) is 0.781. The number of amidine groups is 1. The highest BCUT2D eigenvalue weighted by Crippen LogP contribution is 2.37. The Morgan fingerprint density at radius 3 is 2.80 bits per heavy atom. The Balaban J connectivity index is 1.87. The van der Waals surface area contributed by atoms with Crippen LogP contribution in [-0.4, -0.2) is 22.8 Å². The number of para-hydroxylation sites is 1. The Hall–Kier alpha value is -2.44. The maximum Gasteiger partial charge on any atom is 0.264 e. The molecular weight excluding hydrogens is 360 g/mol. The smallest absolute Gasteiger partial charge is 0.264 e. The first kappa shape index (κ1) is 17.4. The number of aromatic hydroxyl groups is 1. The molecule has 0 radical (unpaired) electrons. The van der Waals surface area contributed by atoms with Crippen LogP contribution in [0.15, 0.2) is 52.4 Å². The fourth-order valence-corrected chi connectivity index (χ4v) is 3.26. The largest absolute Gasteiger partial charge is 0.503 e. The fraction of sp³-hybridized carbons (Fsp3) is 0.111. The van der Waals surface area contributed by atoms with Gasteiger partial charge in [0, 0.05) is 0 Å². The average Bonchev–Trinajstić information content (AvgIpc) is 2.92. The van der Waals surface area contributed by atoms with E-state index in [1.807, 2.05) is 37.3 Å². The second-order valence-electron chi connectivity index (χ2n) is 5.10. The molecule has 1 saturated heterocycles. The molecule has 1 aliphatic heterocycles. The second-order valence-corrected chi connectivity index (χ2v) is 6.54. The van der Waals surface area contributed by atoms with Crippen molar-refractivity contribution in [2.75, 3.05) is 6.61 Å². The third-order valence-corrected chi connectivity index (χ3v) is 4.48. The Bertz CT molecular complexity index is 866. The topological polar surface area (TPSA) is 70.9 Å². The van der Waals surface area contributed by atoms with Crippen molar-refractivity contribution in [3.05, 3.63) is 58.0 Å². The number of halogens is 1. The third kappa shape index (κ3) is 4.15. The van der Waals surface area contributed by atoms with Crippen molar-refractivity contribution in [1.82, 2.24) is 5.32 Å². The highest BCUT2D eigenvalue weighted by atomic mass is 35.5. The second kappa shape index (κ2) is 7.63. The van der Waals surface area contributed by atoms with E-state index in [0.717, 1.165) is 5.69 Å². The molecule has 2 aromatic carbocycles. The maximum absolute atomic E-state index is 12.1. The maximum atomic E-state index is 12.1. The lowest BCUT2D eigenvalue weighted by Gasteiger charge is -2.08. The molecule has 0 saturated carbocycles. The van der Waals surface area contributed by atoms with E-state index in [1.165, 1.54) is 11.8 Å². The summed E-state index contributed by atoms with van der Waals surface area (Å²) in [6.45, 7) is 2.21. The molecule has 1 fully saturated rings. The van der Waals surface area contributed by atoms with Crippen LogP contribution >= 0.6 is 23.4 Å². The zero-order chi connectivity index (χ0) is 17.8. The van der Waals surface area contributed by atoms with Crippen molar-refractivity contribution in [1.29, 1.82) is 0 Å². The summed E-state index contributed by atoms with van der Waals surface area (Å²) in [5, 5.41) is 13.3. The number of aliphatic imine (C=N–C) groups is 1. The number of benzene rings is 2. The van der Waals surface area contributed by atoms with E-state index in [-0.39, 0.29) is 22.4 Å². The van der Waals surface area contributed by atoms with Crippen LogP contribution in [0.1, 0.15) is 12.5 Å². The summed E-state index contributed by atoms with van der Waals surface area (Å²) in [5.74, 6) is -0.0641. The number of hydrogen-bond donors (Lipinski definition) is 2. The highest BCUT2D eigenvalue weighted by Gasteiger charge is 2.24. The van der Waals surface area contributed by atoms with Crippen molar-refractivity contribution < 1.29 is 14.6 Å². The standard InChI is InChI=1S/C18H15ClN2O3S/c1-2-24-14-9-11(8-13(19)16(14)22)10-15-17(23)21-18(25-15)20-12-6-4-3-5-7-12/h3-10,22H,2H2,1H3,(H,20,21,23). The number of ether oxygens (including phenoxy) is 1. The molecular formula is C18H15ClN2O3S. The van der Waals surface area contributed by atoms with Crippen molar-refractivity contribution >= 4 is 46.2 Å². The van der Waals surface area contributed by atoms with Gasteiger partial charge in [0.05, 0.1) is 22.2 Å². The van der Waals surface area contributed by atoms with Crippen LogP contribution in [0, 0.1) is 0 Å². The van der Waals surface area contributed by atoms with Crippen LogP contribution in [-0.2, 0) is 4.79 Å². The van der Waals surface area contributed by atoms with E-state index in [4.69, 9.17) is 16.3 Å². The number of nitrogens with one attached hydrogen (secondary N) is 1. The molecule has 2 aromatic rings. The van der Waals surface area contributed by atoms with Crippen LogP contribution in [0.4, 0.5) is 5.69 Å². The summed E-state index contributed by atoms with van der Waals surface area (Å²) in [4.78, 5) is 17.0. The van der Waals surface area contributed by atoms with Crippen LogP contribution in [0.2, 0.25) is 5.02 Å². The first-order valence-electron chi connectivity index (χ1n) is 7.56. The number of rotatable bonds is 4. The van der Waals surface area contributed by atoms with E-state index in [2.05, 4.69) is 10.3 Å². The van der Waals surface area contributed by atoms with Gasteiger partial charge in [-0.1, -0.05) is 29.8 Å². The summed E-state index contributed by atoms with van der Waals surface area (Å²) >= 11 is 7.26. The lowest BCUT2D eigenvalue weighted by atomic mass is 10.2. The predicted molar refractivity (Wildman–Crippen MR) is 102 cm³/mol. The minimum absolute atomic E-state index is 0.111. The number of carbonyl (C=O) groups is 1.